The van der Waals surface area contributed by atoms with E-state index in [1.54, 1.807) is 0 Å². The fraction of sp³-hybridized carbons (Fsp3) is 0.455. The SMILES string of the molecule is O=S(=O)(NCCCC(F)(F)F)c1ccc(CO)cc1Br. The minimum Gasteiger partial charge on any atom is -0.392 e. The lowest BCUT2D eigenvalue weighted by molar-refractivity contribution is -0.135. The molecule has 0 atom stereocenters. The van der Waals surface area contributed by atoms with Gasteiger partial charge in [0.05, 0.1) is 11.5 Å². The zero-order chi connectivity index (χ0) is 15.4. The molecule has 0 radical (unpaired) electrons. The first-order valence-electron chi connectivity index (χ1n) is 5.61. The van der Waals surface area contributed by atoms with Crippen molar-refractivity contribution in [2.45, 2.75) is 30.5 Å². The third-order valence-corrected chi connectivity index (χ3v) is 4.84. The molecule has 4 nitrogen and oxygen atoms in total. The number of sulfonamides is 1. The quantitative estimate of drug-likeness (QED) is 0.750. The van der Waals surface area contributed by atoms with Crippen molar-refractivity contribution in [1.82, 2.24) is 4.72 Å². The summed E-state index contributed by atoms with van der Waals surface area (Å²) in [5.41, 5.74) is 0.521. The number of nitrogens with one attached hydrogen (secondary N) is 1. The van der Waals surface area contributed by atoms with Crippen LogP contribution in [0.3, 0.4) is 0 Å². The minimum absolute atomic E-state index is 0.0818. The third kappa shape index (κ3) is 5.39. The van der Waals surface area contributed by atoms with Gasteiger partial charge in [-0.05, 0) is 40.0 Å². The zero-order valence-electron chi connectivity index (χ0n) is 10.2. The van der Waals surface area contributed by atoms with Crippen LogP contribution in [0.2, 0.25) is 0 Å². The highest BCUT2D eigenvalue weighted by Gasteiger charge is 2.26. The van der Waals surface area contributed by atoms with Crippen LogP contribution in [0, 0.1) is 0 Å². The maximum absolute atomic E-state index is 11.9. The van der Waals surface area contributed by atoms with E-state index >= 15 is 0 Å². The normalized spacial score (nSPS) is 12.7. The van der Waals surface area contributed by atoms with Gasteiger partial charge in [-0.2, -0.15) is 13.2 Å². The Bertz CT molecular complexity index is 561. The average molecular weight is 376 g/mol. The molecule has 0 amide bonds. The van der Waals surface area contributed by atoms with Crippen molar-refractivity contribution in [2.75, 3.05) is 6.54 Å². The number of alkyl halides is 3. The molecule has 1 rings (SSSR count). The molecule has 2 N–H and O–H groups in total. The van der Waals surface area contributed by atoms with E-state index < -0.39 is 22.6 Å². The van der Waals surface area contributed by atoms with Crippen LogP contribution in [0.1, 0.15) is 18.4 Å². The van der Waals surface area contributed by atoms with E-state index in [2.05, 4.69) is 20.7 Å². The molecular weight excluding hydrogens is 363 g/mol. The van der Waals surface area contributed by atoms with Crippen LogP contribution >= 0.6 is 15.9 Å². The van der Waals surface area contributed by atoms with Crippen molar-refractivity contribution in [3.63, 3.8) is 0 Å². The lowest BCUT2D eigenvalue weighted by Crippen LogP contribution is -2.26. The number of aliphatic hydroxyl groups excluding tert-OH is 1. The van der Waals surface area contributed by atoms with E-state index in [1.165, 1.54) is 18.2 Å². The predicted molar refractivity (Wildman–Crippen MR) is 70.5 cm³/mol. The van der Waals surface area contributed by atoms with Crippen molar-refractivity contribution in [1.29, 1.82) is 0 Å². The van der Waals surface area contributed by atoms with Gasteiger partial charge < -0.3 is 5.11 Å². The van der Waals surface area contributed by atoms with Crippen molar-refractivity contribution in [3.8, 4) is 0 Å². The molecule has 0 aliphatic rings. The Morgan fingerprint density at radius 3 is 2.45 bits per heavy atom. The number of benzene rings is 1. The number of hydrogen-bond donors (Lipinski definition) is 2. The Balaban J connectivity index is 2.70. The van der Waals surface area contributed by atoms with E-state index in [9.17, 15) is 21.6 Å². The van der Waals surface area contributed by atoms with Gasteiger partial charge in [-0.1, -0.05) is 6.07 Å². The zero-order valence-corrected chi connectivity index (χ0v) is 12.6. The van der Waals surface area contributed by atoms with Gasteiger partial charge in [-0.15, -0.1) is 0 Å². The molecule has 0 spiro atoms. The first-order valence-corrected chi connectivity index (χ1v) is 7.89. The summed E-state index contributed by atoms with van der Waals surface area (Å²) in [4.78, 5) is -0.0818. The summed E-state index contributed by atoms with van der Waals surface area (Å²) in [5.74, 6) is 0. The topological polar surface area (TPSA) is 66.4 Å². The van der Waals surface area contributed by atoms with Gasteiger partial charge in [-0.25, -0.2) is 13.1 Å². The van der Waals surface area contributed by atoms with Crippen LogP contribution in [0.15, 0.2) is 27.6 Å². The minimum atomic E-state index is -4.30. The average Bonchev–Trinajstić information content (AvgIpc) is 2.33. The summed E-state index contributed by atoms with van der Waals surface area (Å²) in [7, 11) is -3.88. The third-order valence-electron chi connectivity index (χ3n) is 2.40. The lowest BCUT2D eigenvalue weighted by atomic mass is 10.2. The Kier molecular flexibility index (Phi) is 5.99. The highest BCUT2D eigenvalue weighted by molar-refractivity contribution is 9.10. The fourth-order valence-electron chi connectivity index (χ4n) is 1.43. The molecule has 0 heterocycles. The lowest BCUT2D eigenvalue weighted by Gasteiger charge is -2.10. The summed E-state index contributed by atoms with van der Waals surface area (Å²) in [6, 6.07) is 4.14. The summed E-state index contributed by atoms with van der Waals surface area (Å²) >= 11 is 3.05. The second-order valence-electron chi connectivity index (χ2n) is 4.04. The second kappa shape index (κ2) is 6.88. The second-order valence-corrected chi connectivity index (χ2v) is 6.63. The molecule has 1 aromatic carbocycles. The van der Waals surface area contributed by atoms with Gasteiger partial charge in [0.2, 0.25) is 10.0 Å². The summed E-state index contributed by atoms with van der Waals surface area (Å²) < 4.78 is 61.9. The van der Waals surface area contributed by atoms with Crippen LogP contribution in [0.25, 0.3) is 0 Å². The number of hydrogen-bond acceptors (Lipinski definition) is 3. The van der Waals surface area contributed by atoms with Crippen LogP contribution in [0.4, 0.5) is 13.2 Å². The molecule has 0 aliphatic carbocycles. The van der Waals surface area contributed by atoms with E-state index in [1.807, 2.05) is 0 Å². The van der Waals surface area contributed by atoms with E-state index in [0.29, 0.717) is 5.56 Å². The Morgan fingerprint density at radius 2 is 1.95 bits per heavy atom. The molecule has 0 bridgehead atoms. The molecule has 1 aromatic rings. The first kappa shape index (κ1) is 17.4. The van der Waals surface area contributed by atoms with Gasteiger partial charge in [0.1, 0.15) is 0 Å². The van der Waals surface area contributed by atoms with Crippen LogP contribution < -0.4 is 4.72 Å². The molecule has 0 aliphatic heterocycles. The van der Waals surface area contributed by atoms with Crippen molar-refractivity contribution >= 4 is 26.0 Å². The van der Waals surface area contributed by atoms with E-state index in [4.69, 9.17) is 5.11 Å². The molecule has 0 aromatic heterocycles. The highest BCUT2D eigenvalue weighted by atomic mass is 79.9. The maximum Gasteiger partial charge on any atom is 0.389 e. The number of halogens is 4. The molecular formula is C11H13BrF3NO3S. The maximum atomic E-state index is 11.9. The smallest absolute Gasteiger partial charge is 0.389 e. The molecule has 20 heavy (non-hydrogen) atoms. The molecule has 114 valence electrons. The molecule has 0 saturated carbocycles. The largest absolute Gasteiger partial charge is 0.392 e. The van der Waals surface area contributed by atoms with Crippen molar-refractivity contribution in [2.24, 2.45) is 0 Å². The predicted octanol–water partition coefficient (Wildman–Crippen LogP) is 2.56. The number of aliphatic hydroxyl groups is 1. The highest BCUT2D eigenvalue weighted by Crippen LogP contribution is 2.24. The van der Waals surface area contributed by atoms with Crippen molar-refractivity contribution in [3.05, 3.63) is 28.2 Å². The van der Waals surface area contributed by atoms with Gasteiger partial charge >= 0.3 is 6.18 Å². The van der Waals surface area contributed by atoms with Crippen LogP contribution in [-0.4, -0.2) is 26.2 Å². The molecule has 9 heteroatoms. The van der Waals surface area contributed by atoms with Gasteiger partial charge in [-0.3, -0.25) is 0 Å². The number of rotatable bonds is 6. The molecule has 0 saturated heterocycles. The van der Waals surface area contributed by atoms with E-state index in [0.717, 1.165) is 0 Å². The standard InChI is InChI=1S/C11H13BrF3NO3S/c12-9-6-8(7-17)2-3-10(9)20(18,19)16-5-1-4-11(13,14)15/h2-3,6,16-17H,1,4-5,7H2. The van der Waals surface area contributed by atoms with Crippen LogP contribution in [-0.2, 0) is 16.6 Å². The van der Waals surface area contributed by atoms with Crippen molar-refractivity contribution < 1.29 is 26.7 Å². The summed E-state index contributed by atoms with van der Waals surface area (Å²) in [6.45, 7) is -0.534. The van der Waals surface area contributed by atoms with Gasteiger partial charge in [0.15, 0.2) is 0 Å². The Labute approximate surface area is 123 Å². The Morgan fingerprint density at radius 1 is 1.30 bits per heavy atom. The summed E-state index contributed by atoms with van der Waals surface area (Å²) in [6.07, 6.45) is -5.66. The first-order chi connectivity index (χ1) is 9.15. The van der Waals surface area contributed by atoms with Gasteiger partial charge in [0, 0.05) is 17.4 Å². The Hall–Kier alpha value is -0.640. The fourth-order valence-corrected chi connectivity index (χ4v) is 3.63. The van der Waals surface area contributed by atoms with Gasteiger partial charge in [0.25, 0.3) is 0 Å². The molecule has 0 unspecified atom stereocenters. The molecule has 0 fully saturated rings. The van der Waals surface area contributed by atoms with Crippen LogP contribution in [0.5, 0.6) is 0 Å². The monoisotopic (exact) mass is 375 g/mol. The summed E-state index contributed by atoms with van der Waals surface area (Å²) in [5, 5.41) is 8.91. The van der Waals surface area contributed by atoms with E-state index in [-0.39, 0.29) is 28.9 Å².